The van der Waals surface area contributed by atoms with E-state index in [1.54, 1.807) is 0 Å². The Balaban J connectivity index is 0. The van der Waals surface area contributed by atoms with Gasteiger partial charge in [-0.2, -0.15) is 0 Å². The molecule has 8 heteroatoms. The fourth-order valence-electron chi connectivity index (χ4n) is 2.38. The van der Waals surface area contributed by atoms with E-state index in [9.17, 15) is 4.79 Å². The van der Waals surface area contributed by atoms with Gasteiger partial charge < -0.3 is 30.0 Å². The van der Waals surface area contributed by atoms with E-state index in [2.05, 4.69) is 19.2 Å². The zero-order valence-corrected chi connectivity index (χ0v) is 20.8. The summed E-state index contributed by atoms with van der Waals surface area (Å²) in [5.41, 5.74) is 6.92. The summed E-state index contributed by atoms with van der Waals surface area (Å²) >= 11 is 0. The van der Waals surface area contributed by atoms with Gasteiger partial charge in [0.1, 0.15) is 0 Å². The van der Waals surface area contributed by atoms with E-state index in [1.807, 2.05) is 0 Å². The summed E-state index contributed by atoms with van der Waals surface area (Å²) in [5, 5.41) is 2.88. The first kappa shape index (κ1) is 30.6. The number of unbranched alkanes of at least 4 members (excludes halogenated alkanes) is 5. The smallest absolute Gasteiger partial charge is 0.220 e. The van der Waals surface area contributed by atoms with Crippen LogP contribution in [-0.4, -0.2) is 71.3 Å². The summed E-state index contributed by atoms with van der Waals surface area (Å²) < 4.78 is 21.4. The molecule has 0 aliphatic rings. The van der Waals surface area contributed by atoms with Crippen molar-refractivity contribution in [3.8, 4) is 0 Å². The summed E-state index contributed by atoms with van der Waals surface area (Å²) in [6, 6.07) is 0. The molecule has 2 N–H and O–H groups in total. The van der Waals surface area contributed by atoms with Crippen molar-refractivity contribution in [2.45, 2.75) is 64.9 Å². The van der Waals surface area contributed by atoms with Gasteiger partial charge in [-0.05, 0) is 26.7 Å². The second-order valence-electron chi connectivity index (χ2n) is 6.73. The van der Waals surface area contributed by atoms with Crippen molar-refractivity contribution in [1.82, 2.24) is 5.32 Å². The third-order valence-corrected chi connectivity index (χ3v) is 3.81. The number of carbonyl (C=O) groups excluding carboxylic acids is 1. The number of hydrogen-bond donors (Lipinski definition) is 1. The first-order valence-corrected chi connectivity index (χ1v) is 10.4. The first-order valence-electron chi connectivity index (χ1n) is 10.4. The Labute approximate surface area is 197 Å². The van der Waals surface area contributed by atoms with Crippen molar-refractivity contribution in [3.63, 3.8) is 0 Å². The van der Waals surface area contributed by atoms with Crippen molar-refractivity contribution < 1.29 is 56.5 Å². The molecule has 165 valence electrons. The molecule has 0 unspecified atom stereocenters. The molecule has 0 rings (SSSR count). The number of carbonyl (C=O) groups is 1. The van der Waals surface area contributed by atoms with E-state index in [0.717, 1.165) is 25.9 Å². The molecule has 0 spiro atoms. The molecule has 0 atom stereocenters. The van der Waals surface area contributed by atoms with Crippen molar-refractivity contribution >= 4 is 5.91 Å². The van der Waals surface area contributed by atoms with Crippen LogP contribution in [-0.2, 0) is 56.5 Å². The third kappa shape index (κ3) is 26.4. The monoisotopic (exact) mass is 478 g/mol. The number of hydrogen-bond acceptors (Lipinski definition) is 5. The van der Waals surface area contributed by atoms with Crippen LogP contribution in [0.1, 0.15) is 58.8 Å². The molecule has 0 aliphatic heterocycles. The molecule has 0 saturated carbocycles. The van der Waals surface area contributed by atoms with E-state index in [-0.39, 0.29) is 45.2 Å². The van der Waals surface area contributed by atoms with E-state index in [0.29, 0.717) is 58.7 Å². The first-order chi connectivity index (χ1) is 13.2. The van der Waals surface area contributed by atoms with Crippen molar-refractivity contribution in [2.24, 2.45) is 0 Å². The van der Waals surface area contributed by atoms with Gasteiger partial charge in [0.05, 0.1) is 39.1 Å². The van der Waals surface area contributed by atoms with Crippen molar-refractivity contribution in [2.75, 3.05) is 59.3 Å². The van der Waals surface area contributed by atoms with Crippen LogP contribution in [0.2, 0.25) is 0 Å². The summed E-state index contributed by atoms with van der Waals surface area (Å²) in [5.74, 6) is 0.103. The third-order valence-electron chi connectivity index (χ3n) is 3.81. The number of amides is 1. The van der Waals surface area contributed by atoms with Crippen LogP contribution >= 0.6 is 0 Å². The van der Waals surface area contributed by atoms with Crippen molar-refractivity contribution in [3.05, 3.63) is 5.73 Å². The Morgan fingerprint density at radius 2 is 1.32 bits per heavy atom. The van der Waals surface area contributed by atoms with Crippen LogP contribution < -0.4 is 5.32 Å². The Morgan fingerprint density at radius 3 is 1.93 bits per heavy atom. The van der Waals surface area contributed by atoms with Crippen molar-refractivity contribution in [1.29, 1.82) is 0 Å². The summed E-state index contributed by atoms with van der Waals surface area (Å²) in [6.07, 6.45) is 7.72. The molecule has 0 aromatic carbocycles. The van der Waals surface area contributed by atoms with Gasteiger partial charge in [-0.15, -0.1) is 6.54 Å². The molecule has 0 heterocycles. The van der Waals surface area contributed by atoms with E-state index >= 15 is 0 Å². The predicted octanol–water partition coefficient (Wildman–Crippen LogP) is 3.36. The van der Waals surface area contributed by atoms with Crippen LogP contribution in [0.25, 0.3) is 5.73 Å². The second-order valence-corrected chi connectivity index (χ2v) is 6.73. The quantitative estimate of drug-likeness (QED) is 0.256. The fourth-order valence-corrected chi connectivity index (χ4v) is 2.38. The molecule has 1 radical (unpaired) electrons. The number of ether oxygens (including phenoxy) is 4. The van der Waals surface area contributed by atoms with E-state index < -0.39 is 0 Å². The standard InChI is InChI=1S/C20H41N2O5.Y/c1-19(2)27-12-8-6-4-3-5-7-9-20(23)22-11-14-25-16-18-26-17-15-24-13-10-21;/h19,21H,3-18H2,1-2H3,(H,22,23);/q-1;. The maximum atomic E-state index is 11.7. The Kier molecular flexibility index (Phi) is 27.7. The van der Waals surface area contributed by atoms with Gasteiger partial charge in [0.2, 0.25) is 5.91 Å². The Morgan fingerprint density at radius 1 is 0.786 bits per heavy atom. The van der Waals surface area contributed by atoms with Gasteiger partial charge in [-0.1, -0.05) is 25.7 Å². The number of rotatable bonds is 21. The van der Waals surface area contributed by atoms with Crippen LogP contribution in [0.15, 0.2) is 0 Å². The normalized spacial score (nSPS) is 10.9. The second kappa shape index (κ2) is 25.4. The number of nitrogens with one attached hydrogen (secondary N) is 2. The average molecular weight is 478 g/mol. The van der Waals surface area contributed by atoms with E-state index in [1.165, 1.54) is 19.3 Å². The van der Waals surface area contributed by atoms with Crippen LogP contribution in [0.3, 0.4) is 0 Å². The minimum Gasteiger partial charge on any atom is -0.676 e. The molecular formula is C20H41N2O5Y-. The van der Waals surface area contributed by atoms with Crippen LogP contribution in [0.4, 0.5) is 0 Å². The molecule has 0 fully saturated rings. The molecule has 0 saturated heterocycles. The minimum absolute atomic E-state index is 0. The molecule has 0 aromatic heterocycles. The van der Waals surface area contributed by atoms with Gasteiger partial charge in [0, 0.05) is 58.9 Å². The molecule has 7 nitrogen and oxygen atoms in total. The van der Waals surface area contributed by atoms with Gasteiger partial charge in [0.15, 0.2) is 0 Å². The predicted molar refractivity (Wildman–Crippen MR) is 108 cm³/mol. The SMILES string of the molecule is CC(C)OCCCCCCCCC(=O)NCCOCCOCCOCC[NH-].[Y]. The summed E-state index contributed by atoms with van der Waals surface area (Å²) in [7, 11) is 0. The van der Waals surface area contributed by atoms with Gasteiger partial charge in [-0.25, -0.2) is 0 Å². The Bertz CT molecular complexity index is 323. The zero-order valence-electron chi connectivity index (χ0n) is 18.0. The summed E-state index contributed by atoms with van der Waals surface area (Å²) in [4.78, 5) is 11.7. The van der Waals surface area contributed by atoms with Crippen LogP contribution in [0, 0.1) is 0 Å². The average Bonchev–Trinajstić information content (AvgIpc) is 2.64. The largest absolute Gasteiger partial charge is 0.676 e. The van der Waals surface area contributed by atoms with Gasteiger partial charge in [-0.3, -0.25) is 4.79 Å². The zero-order chi connectivity index (χ0) is 20.0. The topological polar surface area (TPSA) is 89.8 Å². The van der Waals surface area contributed by atoms with Gasteiger partial charge in [0.25, 0.3) is 0 Å². The maximum Gasteiger partial charge on any atom is 0.220 e. The fraction of sp³-hybridized carbons (Fsp3) is 0.950. The molecule has 0 bridgehead atoms. The summed E-state index contributed by atoms with van der Waals surface area (Å²) in [6.45, 7) is 8.82. The maximum absolute atomic E-state index is 11.7. The van der Waals surface area contributed by atoms with Crippen LogP contribution in [0.5, 0.6) is 0 Å². The molecule has 28 heavy (non-hydrogen) atoms. The van der Waals surface area contributed by atoms with E-state index in [4.69, 9.17) is 24.7 Å². The molecule has 0 aliphatic carbocycles. The minimum atomic E-state index is 0. The molecule has 1 amide bonds. The van der Waals surface area contributed by atoms with Gasteiger partial charge >= 0.3 is 0 Å². The molecule has 0 aromatic rings. The Hall–Kier alpha value is 0.374. The molecular weight excluding hydrogens is 437 g/mol.